The fourth-order valence-corrected chi connectivity index (χ4v) is 5.41. The summed E-state index contributed by atoms with van der Waals surface area (Å²) in [6, 6.07) is 10.8. The number of ketones is 1. The van der Waals surface area contributed by atoms with Gasteiger partial charge in [-0.25, -0.2) is 8.91 Å². The van der Waals surface area contributed by atoms with Crippen molar-refractivity contribution < 1.29 is 9.18 Å². The van der Waals surface area contributed by atoms with Crippen molar-refractivity contribution in [3.8, 4) is 11.4 Å². The molecule has 2 heterocycles. The second-order valence-electron chi connectivity index (χ2n) is 9.17. The second-order valence-corrected chi connectivity index (χ2v) is 10.2. The molecule has 0 atom stereocenters. The van der Waals surface area contributed by atoms with Crippen molar-refractivity contribution in [2.24, 2.45) is 5.73 Å². The van der Waals surface area contributed by atoms with Crippen LogP contribution in [0, 0.1) is 5.82 Å². The van der Waals surface area contributed by atoms with Gasteiger partial charge in [0.2, 0.25) is 4.96 Å². The Morgan fingerprint density at radius 1 is 1.18 bits per heavy atom. The average molecular weight is 480 g/mol. The third-order valence-electron chi connectivity index (χ3n) is 6.88. The zero-order chi connectivity index (χ0) is 23.9. The number of nitrogens with two attached hydrogens (primary N) is 1. The molecule has 2 aromatic heterocycles. The minimum absolute atomic E-state index is 0.164. The number of unbranched alkanes of at least 4 members (excludes halogenated alkanes) is 1. The highest BCUT2D eigenvalue weighted by Gasteiger charge is 2.40. The Labute approximate surface area is 202 Å². The van der Waals surface area contributed by atoms with Crippen LogP contribution in [0.2, 0.25) is 0 Å². The smallest absolute Gasteiger partial charge is 0.213 e. The number of carbonyl (C=O) groups excluding carboxylic acids is 1. The number of carbonyl (C=O) groups is 1. The van der Waals surface area contributed by atoms with Crippen molar-refractivity contribution in [3.05, 3.63) is 53.3 Å². The maximum absolute atomic E-state index is 14.8. The maximum Gasteiger partial charge on any atom is 0.213 e. The molecule has 0 saturated heterocycles. The van der Waals surface area contributed by atoms with Crippen LogP contribution in [0.3, 0.4) is 0 Å². The van der Waals surface area contributed by atoms with Crippen LogP contribution in [0.5, 0.6) is 0 Å². The molecule has 2 aromatic carbocycles. The lowest BCUT2D eigenvalue weighted by Gasteiger charge is -2.17. The van der Waals surface area contributed by atoms with Crippen LogP contribution in [0.25, 0.3) is 26.6 Å². The Bertz CT molecular complexity index is 1350. The molecule has 5 rings (SSSR count). The number of thiazole rings is 1. The minimum atomic E-state index is -0.377. The Hall–Kier alpha value is -2.68. The summed E-state index contributed by atoms with van der Waals surface area (Å²) in [5.74, 6) is 0.162. The highest BCUT2D eigenvalue weighted by atomic mass is 32.1. The molecule has 178 valence electrons. The van der Waals surface area contributed by atoms with E-state index in [1.165, 1.54) is 17.4 Å². The van der Waals surface area contributed by atoms with E-state index < -0.39 is 0 Å². The van der Waals surface area contributed by atoms with Crippen molar-refractivity contribution in [3.63, 3.8) is 0 Å². The third-order valence-corrected chi connectivity index (χ3v) is 7.88. The van der Waals surface area contributed by atoms with Crippen molar-refractivity contribution in [2.75, 3.05) is 19.6 Å². The van der Waals surface area contributed by atoms with Gasteiger partial charge in [-0.1, -0.05) is 31.3 Å². The van der Waals surface area contributed by atoms with E-state index in [1.54, 1.807) is 10.6 Å². The van der Waals surface area contributed by atoms with Gasteiger partial charge in [0.25, 0.3) is 0 Å². The summed E-state index contributed by atoms with van der Waals surface area (Å²) >= 11 is 1.46. The quantitative estimate of drug-likeness (QED) is 0.244. The maximum atomic E-state index is 14.8. The number of hydrogen-bond acceptors (Lipinski definition) is 6. The van der Waals surface area contributed by atoms with Gasteiger partial charge in [0, 0.05) is 17.5 Å². The SMILES string of the molecule is CCN(CC)CCCCC(=O)c1ccc2c(c1)sc1nc(-c3ccc(C4(N)CC4)cc3F)nn12. The molecule has 1 aliphatic carbocycles. The summed E-state index contributed by atoms with van der Waals surface area (Å²) in [6.07, 6.45) is 4.24. The van der Waals surface area contributed by atoms with Crippen LogP contribution in [0.1, 0.15) is 61.9 Å². The lowest BCUT2D eigenvalue weighted by Crippen LogP contribution is -2.24. The fourth-order valence-electron chi connectivity index (χ4n) is 4.41. The summed E-state index contributed by atoms with van der Waals surface area (Å²) in [6.45, 7) is 7.45. The molecule has 0 bridgehead atoms. The number of rotatable bonds is 10. The van der Waals surface area contributed by atoms with E-state index in [0.717, 1.165) is 66.7 Å². The fraction of sp³-hybridized carbons (Fsp3) is 0.423. The van der Waals surface area contributed by atoms with Gasteiger partial charge < -0.3 is 10.6 Å². The van der Waals surface area contributed by atoms with Crippen molar-refractivity contribution in [1.29, 1.82) is 0 Å². The minimum Gasteiger partial charge on any atom is -0.321 e. The van der Waals surface area contributed by atoms with E-state index >= 15 is 0 Å². The number of halogens is 1. The average Bonchev–Trinajstić information content (AvgIpc) is 3.32. The van der Waals surface area contributed by atoms with Crippen LogP contribution in [0.15, 0.2) is 36.4 Å². The predicted molar refractivity (Wildman–Crippen MR) is 135 cm³/mol. The normalized spacial score (nSPS) is 15.0. The first-order valence-corrected chi connectivity index (χ1v) is 12.9. The topological polar surface area (TPSA) is 76.5 Å². The zero-order valence-corrected chi connectivity index (χ0v) is 20.5. The van der Waals surface area contributed by atoms with E-state index in [1.807, 2.05) is 24.3 Å². The Morgan fingerprint density at radius 3 is 2.68 bits per heavy atom. The standard InChI is InChI=1S/C26H30FN5OS/c1-3-31(4-2)14-6-5-7-22(33)17-8-11-21-23(15-17)34-25-29-24(30-32(21)25)19-10-9-18(16-20(19)27)26(28)12-13-26/h8-11,15-16H,3-7,12-14,28H2,1-2H3. The first-order valence-electron chi connectivity index (χ1n) is 12.1. The van der Waals surface area contributed by atoms with Gasteiger partial charge >= 0.3 is 0 Å². The van der Waals surface area contributed by atoms with Crippen LogP contribution < -0.4 is 5.73 Å². The Balaban J connectivity index is 1.32. The third kappa shape index (κ3) is 4.37. The highest BCUT2D eigenvalue weighted by Crippen LogP contribution is 2.43. The first kappa shape index (κ1) is 23.1. The van der Waals surface area contributed by atoms with E-state index in [9.17, 15) is 9.18 Å². The Kier molecular flexibility index (Phi) is 6.22. The molecular weight excluding hydrogens is 449 g/mol. The molecule has 6 nitrogen and oxygen atoms in total. The van der Waals surface area contributed by atoms with Crippen LogP contribution >= 0.6 is 11.3 Å². The molecule has 4 aromatic rings. The number of fused-ring (bicyclic) bond motifs is 3. The van der Waals surface area contributed by atoms with Crippen molar-refractivity contribution >= 4 is 32.3 Å². The van der Waals surface area contributed by atoms with Crippen molar-refractivity contribution in [1.82, 2.24) is 19.5 Å². The summed E-state index contributed by atoms with van der Waals surface area (Å²) in [5, 5.41) is 4.56. The molecule has 0 aliphatic heterocycles. The molecule has 34 heavy (non-hydrogen) atoms. The summed E-state index contributed by atoms with van der Waals surface area (Å²) in [5.41, 5.74) is 8.60. The van der Waals surface area contributed by atoms with Gasteiger partial charge in [0.1, 0.15) is 5.82 Å². The lowest BCUT2D eigenvalue weighted by atomic mass is 10.0. The van der Waals surface area contributed by atoms with Gasteiger partial charge in [-0.05, 0) is 81.2 Å². The van der Waals surface area contributed by atoms with E-state index in [-0.39, 0.29) is 17.1 Å². The van der Waals surface area contributed by atoms with E-state index in [2.05, 4.69) is 28.8 Å². The summed E-state index contributed by atoms with van der Waals surface area (Å²) in [7, 11) is 0. The van der Waals surface area contributed by atoms with Crippen LogP contribution in [0.4, 0.5) is 4.39 Å². The molecule has 0 spiro atoms. The number of benzene rings is 2. The Morgan fingerprint density at radius 2 is 1.97 bits per heavy atom. The van der Waals surface area contributed by atoms with Crippen LogP contribution in [-0.2, 0) is 5.54 Å². The highest BCUT2D eigenvalue weighted by molar-refractivity contribution is 7.23. The van der Waals surface area contributed by atoms with Gasteiger partial charge in [-0.3, -0.25) is 4.79 Å². The first-order chi connectivity index (χ1) is 16.4. The van der Waals surface area contributed by atoms with Gasteiger partial charge in [-0.15, -0.1) is 5.10 Å². The van der Waals surface area contributed by atoms with Gasteiger partial charge in [0.15, 0.2) is 11.6 Å². The summed E-state index contributed by atoms with van der Waals surface area (Å²) in [4.78, 5) is 20.3. The molecule has 2 N–H and O–H groups in total. The molecule has 0 unspecified atom stereocenters. The van der Waals surface area contributed by atoms with Crippen molar-refractivity contribution in [2.45, 2.75) is 51.5 Å². The summed E-state index contributed by atoms with van der Waals surface area (Å²) < 4.78 is 17.5. The molecule has 0 radical (unpaired) electrons. The predicted octanol–water partition coefficient (Wildman–Crippen LogP) is 5.39. The number of Topliss-reactive ketones (excluding diaryl/α,β-unsaturated/α-hetero) is 1. The number of hydrogen-bond donors (Lipinski definition) is 1. The lowest BCUT2D eigenvalue weighted by molar-refractivity contribution is 0.0978. The molecule has 1 fully saturated rings. The number of nitrogens with zero attached hydrogens (tertiary/aromatic N) is 4. The molecule has 1 aliphatic rings. The largest absolute Gasteiger partial charge is 0.321 e. The molecular formula is C26H30FN5OS. The molecule has 8 heteroatoms. The molecule has 1 saturated carbocycles. The number of aromatic nitrogens is 3. The zero-order valence-electron chi connectivity index (χ0n) is 19.7. The monoisotopic (exact) mass is 479 g/mol. The second kappa shape index (κ2) is 9.17. The van der Waals surface area contributed by atoms with E-state index in [0.29, 0.717) is 22.8 Å². The van der Waals surface area contributed by atoms with Crippen LogP contribution in [-0.4, -0.2) is 44.9 Å². The van der Waals surface area contributed by atoms with Gasteiger partial charge in [-0.2, -0.15) is 4.98 Å². The molecule has 0 amide bonds. The van der Waals surface area contributed by atoms with E-state index in [4.69, 9.17) is 5.73 Å². The van der Waals surface area contributed by atoms with Gasteiger partial charge in [0.05, 0.1) is 15.8 Å².